The van der Waals surface area contributed by atoms with E-state index < -0.39 is 12.1 Å². The van der Waals surface area contributed by atoms with E-state index in [2.05, 4.69) is 5.43 Å². The SMILES string of the molecule is O=C(O)c1ccccc1N(Nc1ccccc1)C(=O)O. The van der Waals surface area contributed by atoms with Gasteiger partial charge in [0.1, 0.15) is 0 Å². The average Bonchev–Trinajstić information content (AvgIpc) is 2.45. The molecular formula is C14H12N2O4. The van der Waals surface area contributed by atoms with Crippen molar-refractivity contribution in [3.8, 4) is 0 Å². The summed E-state index contributed by atoms with van der Waals surface area (Å²) in [5.41, 5.74) is 3.15. The molecule has 0 heterocycles. The van der Waals surface area contributed by atoms with Crippen LogP contribution in [0.15, 0.2) is 54.6 Å². The second kappa shape index (κ2) is 5.75. The van der Waals surface area contributed by atoms with Gasteiger partial charge < -0.3 is 10.2 Å². The van der Waals surface area contributed by atoms with Gasteiger partial charge in [0, 0.05) is 0 Å². The van der Waals surface area contributed by atoms with Crippen LogP contribution in [-0.4, -0.2) is 22.3 Å². The summed E-state index contributed by atoms with van der Waals surface area (Å²) in [6.45, 7) is 0. The number of hydrogen-bond donors (Lipinski definition) is 3. The normalized spacial score (nSPS) is 9.80. The number of aromatic carboxylic acids is 1. The zero-order chi connectivity index (χ0) is 14.5. The Bertz CT molecular complexity index is 628. The van der Waals surface area contributed by atoms with E-state index in [1.54, 1.807) is 36.4 Å². The van der Waals surface area contributed by atoms with Crippen LogP contribution in [0.4, 0.5) is 16.2 Å². The molecule has 0 unspecified atom stereocenters. The number of carbonyl (C=O) groups is 2. The minimum atomic E-state index is -1.30. The summed E-state index contributed by atoms with van der Waals surface area (Å²) >= 11 is 0. The van der Waals surface area contributed by atoms with Gasteiger partial charge in [-0.2, -0.15) is 5.01 Å². The Morgan fingerprint density at radius 3 is 2.10 bits per heavy atom. The number of anilines is 2. The van der Waals surface area contributed by atoms with Crippen LogP contribution in [-0.2, 0) is 0 Å². The van der Waals surface area contributed by atoms with Crippen LogP contribution in [0.1, 0.15) is 10.4 Å². The number of para-hydroxylation sites is 2. The Balaban J connectivity index is 2.39. The molecule has 0 aliphatic rings. The van der Waals surface area contributed by atoms with Crippen molar-refractivity contribution in [1.29, 1.82) is 0 Å². The molecular weight excluding hydrogens is 260 g/mol. The fraction of sp³-hybridized carbons (Fsp3) is 0. The molecule has 0 spiro atoms. The summed E-state index contributed by atoms with van der Waals surface area (Å²) in [5, 5.41) is 19.2. The number of nitrogens with zero attached hydrogens (tertiary/aromatic N) is 1. The zero-order valence-electron chi connectivity index (χ0n) is 10.4. The third-order valence-electron chi connectivity index (χ3n) is 2.58. The van der Waals surface area contributed by atoms with Crippen molar-refractivity contribution in [3.05, 3.63) is 60.2 Å². The molecule has 6 nitrogen and oxygen atoms in total. The van der Waals surface area contributed by atoms with Crippen LogP contribution in [0.2, 0.25) is 0 Å². The largest absolute Gasteiger partial charge is 0.478 e. The number of hydrazine groups is 1. The molecule has 0 aromatic heterocycles. The smallest absolute Gasteiger partial charge is 0.431 e. The van der Waals surface area contributed by atoms with E-state index in [1.165, 1.54) is 18.2 Å². The lowest BCUT2D eigenvalue weighted by molar-refractivity contribution is 0.0697. The minimum absolute atomic E-state index is 0.0522. The number of amides is 1. The number of carboxylic acids is 1. The molecule has 0 saturated heterocycles. The van der Waals surface area contributed by atoms with Crippen molar-refractivity contribution in [1.82, 2.24) is 0 Å². The van der Waals surface area contributed by atoms with E-state index in [-0.39, 0.29) is 11.3 Å². The van der Waals surface area contributed by atoms with Crippen molar-refractivity contribution in [2.45, 2.75) is 0 Å². The number of benzene rings is 2. The van der Waals surface area contributed by atoms with Gasteiger partial charge in [0.25, 0.3) is 0 Å². The molecule has 0 aliphatic carbocycles. The standard InChI is InChI=1S/C14H12N2O4/c17-13(18)11-8-4-5-9-12(11)16(14(19)20)15-10-6-2-1-3-7-10/h1-9,15H,(H,17,18)(H,19,20). The van der Waals surface area contributed by atoms with Gasteiger partial charge >= 0.3 is 12.1 Å². The molecule has 0 radical (unpaired) electrons. The first-order chi connectivity index (χ1) is 9.59. The van der Waals surface area contributed by atoms with E-state index >= 15 is 0 Å². The van der Waals surface area contributed by atoms with Crippen LogP contribution >= 0.6 is 0 Å². The average molecular weight is 272 g/mol. The maximum absolute atomic E-state index is 11.3. The lowest BCUT2D eigenvalue weighted by atomic mass is 10.2. The van der Waals surface area contributed by atoms with E-state index in [0.717, 1.165) is 5.01 Å². The predicted octanol–water partition coefficient (Wildman–Crippen LogP) is 2.90. The lowest BCUT2D eigenvalue weighted by Gasteiger charge is -2.22. The van der Waals surface area contributed by atoms with Crippen LogP contribution in [0, 0.1) is 0 Å². The summed E-state index contributed by atoms with van der Waals surface area (Å²) in [4.78, 5) is 22.5. The molecule has 20 heavy (non-hydrogen) atoms. The molecule has 102 valence electrons. The van der Waals surface area contributed by atoms with Crippen LogP contribution in [0.5, 0.6) is 0 Å². The molecule has 6 heteroatoms. The van der Waals surface area contributed by atoms with Gasteiger partial charge in [0.05, 0.1) is 16.9 Å². The zero-order valence-corrected chi connectivity index (χ0v) is 10.4. The topological polar surface area (TPSA) is 89.9 Å². The highest BCUT2D eigenvalue weighted by atomic mass is 16.4. The maximum Gasteiger partial charge on any atom is 0.431 e. The quantitative estimate of drug-likeness (QED) is 0.744. The van der Waals surface area contributed by atoms with E-state index in [4.69, 9.17) is 5.11 Å². The van der Waals surface area contributed by atoms with E-state index in [1.807, 2.05) is 0 Å². The second-order valence-corrected chi connectivity index (χ2v) is 3.92. The summed E-state index contributed by atoms with van der Waals surface area (Å²) in [7, 11) is 0. The molecule has 2 aromatic carbocycles. The Labute approximate surface area is 114 Å². The third kappa shape index (κ3) is 2.86. The molecule has 0 fully saturated rings. The Hall–Kier alpha value is -3.02. The van der Waals surface area contributed by atoms with Gasteiger partial charge in [0.15, 0.2) is 0 Å². The summed E-state index contributed by atoms with van der Waals surface area (Å²) < 4.78 is 0. The highest BCUT2D eigenvalue weighted by Crippen LogP contribution is 2.21. The second-order valence-electron chi connectivity index (χ2n) is 3.92. The van der Waals surface area contributed by atoms with Gasteiger partial charge in [0.2, 0.25) is 0 Å². The van der Waals surface area contributed by atoms with Crippen molar-refractivity contribution >= 4 is 23.4 Å². The monoisotopic (exact) mass is 272 g/mol. The van der Waals surface area contributed by atoms with E-state index in [0.29, 0.717) is 5.69 Å². The lowest BCUT2D eigenvalue weighted by Crippen LogP contribution is -2.36. The maximum atomic E-state index is 11.3. The Morgan fingerprint density at radius 2 is 1.50 bits per heavy atom. The number of hydrogen-bond acceptors (Lipinski definition) is 3. The summed E-state index contributed by atoms with van der Waals surface area (Å²) in [5.74, 6) is -1.19. The van der Waals surface area contributed by atoms with Gasteiger partial charge in [-0.15, -0.1) is 0 Å². The molecule has 0 bridgehead atoms. The van der Waals surface area contributed by atoms with Gasteiger partial charge in [-0.3, -0.25) is 5.43 Å². The first kappa shape index (κ1) is 13.4. The number of nitrogens with one attached hydrogen (secondary N) is 1. The molecule has 0 aliphatic heterocycles. The fourth-order valence-electron chi connectivity index (χ4n) is 1.70. The van der Waals surface area contributed by atoms with Crippen LogP contribution in [0.3, 0.4) is 0 Å². The van der Waals surface area contributed by atoms with Crippen molar-refractivity contribution in [2.24, 2.45) is 0 Å². The molecule has 3 N–H and O–H groups in total. The van der Waals surface area contributed by atoms with Crippen molar-refractivity contribution < 1.29 is 19.8 Å². The number of carboxylic acid groups (broad SMARTS) is 2. The van der Waals surface area contributed by atoms with E-state index in [9.17, 15) is 14.7 Å². The first-order valence-electron chi connectivity index (χ1n) is 5.76. The van der Waals surface area contributed by atoms with Gasteiger partial charge in [-0.05, 0) is 24.3 Å². The highest BCUT2D eigenvalue weighted by molar-refractivity contribution is 6.00. The van der Waals surface area contributed by atoms with Gasteiger partial charge in [-0.1, -0.05) is 30.3 Å². The van der Waals surface area contributed by atoms with Gasteiger partial charge in [-0.25, -0.2) is 9.59 Å². The van der Waals surface area contributed by atoms with Crippen LogP contribution < -0.4 is 10.4 Å². The molecule has 1 amide bonds. The Kier molecular flexibility index (Phi) is 3.85. The fourth-order valence-corrected chi connectivity index (χ4v) is 1.70. The van der Waals surface area contributed by atoms with Crippen LogP contribution in [0.25, 0.3) is 0 Å². The molecule has 0 saturated carbocycles. The third-order valence-corrected chi connectivity index (χ3v) is 2.58. The molecule has 2 aromatic rings. The summed E-state index contributed by atoms with van der Waals surface area (Å²) in [6.07, 6.45) is -1.30. The predicted molar refractivity (Wildman–Crippen MR) is 74.0 cm³/mol. The molecule has 0 atom stereocenters. The van der Waals surface area contributed by atoms with Crippen molar-refractivity contribution in [3.63, 3.8) is 0 Å². The number of rotatable bonds is 4. The Morgan fingerprint density at radius 1 is 0.900 bits per heavy atom. The highest BCUT2D eigenvalue weighted by Gasteiger charge is 2.20. The molecule has 2 rings (SSSR count). The minimum Gasteiger partial charge on any atom is -0.478 e. The van der Waals surface area contributed by atoms with Crippen molar-refractivity contribution in [2.75, 3.05) is 10.4 Å². The summed E-state index contributed by atoms with van der Waals surface area (Å²) in [6, 6.07) is 14.5. The first-order valence-corrected chi connectivity index (χ1v) is 5.76.